The van der Waals surface area contributed by atoms with E-state index >= 15 is 0 Å². The van der Waals surface area contributed by atoms with E-state index in [1.807, 2.05) is 35.2 Å². The van der Waals surface area contributed by atoms with Crippen molar-refractivity contribution in [3.63, 3.8) is 0 Å². The molecule has 3 aliphatic heterocycles. The quantitative estimate of drug-likeness (QED) is 0.114. The van der Waals surface area contributed by atoms with E-state index in [1.54, 1.807) is 17.1 Å². The van der Waals surface area contributed by atoms with E-state index < -0.39 is 47.7 Å². The highest BCUT2D eigenvalue weighted by atomic mass is 16.6. The Hall–Kier alpha value is -3.54. The number of ether oxygens (including phenoxy) is 3. The van der Waals surface area contributed by atoms with Crippen molar-refractivity contribution in [2.45, 2.75) is 119 Å². The molecule has 7 atom stereocenters. The number of amides is 3. The molecule has 3 heterocycles. The number of hydrogen-bond donors (Lipinski definition) is 2. The fourth-order valence-electron chi connectivity index (χ4n) is 8.92. The maximum Gasteiger partial charge on any atom is 0.313 e. The highest BCUT2D eigenvalue weighted by Gasteiger charge is 2.75. The molecule has 5 rings (SSSR count). The van der Waals surface area contributed by atoms with Crippen LogP contribution in [0.25, 0.3) is 0 Å². The number of nitrogens with zero attached hydrogens (tertiary/aromatic N) is 2. The summed E-state index contributed by atoms with van der Waals surface area (Å²) in [5.41, 5.74) is -0.465. The van der Waals surface area contributed by atoms with Crippen molar-refractivity contribution in [2.24, 2.45) is 11.8 Å². The summed E-state index contributed by atoms with van der Waals surface area (Å²) in [6, 6.07) is 7.72. The van der Waals surface area contributed by atoms with Gasteiger partial charge in [-0.1, -0.05) is 74.6 Å². The Morgan fingerprint density at radius 1 is 1.08 bits per heavy atom. The Labute approximate surface area is 302 Å². The van der Waals surface area contributed by atoms with Gasteiger partial charge in [-0.25, -0.2) is 0 Å². The number of methoxy groups -OCH3 is 1. The summed E-state index contributed by atoms with van der Waals surface area (Å²) < 4.78 is 18.6. The number of benzene rings is 1. The van der Waals surface area contributed by atoms with Crippen LogP contribution in [0.3, 0.4) is 0 Å². The average molecular weight is 708 g/mol. The molecule has 11 nitrogen and oxygen atoms in total. The van der Waals surface area contributed by atoms with Gasteiger partial charge in [-0.15, -0.1) is 13.2 Å². The van der Waals surface area contributed by atoms with E-state index in [-0.39, 0.29) is 43.4 Å². The lowest BCUT2D eigenvalue weighted by Gasteiger charge is -2.40. The van der Waals surface area contributed by atoms with Crippen LogP contribution in [-0.2, 0) is 33.4 Å². The number of carbonyl (C=O) groups excluding carboxylic acids is 4. The van der Waals surface area contributed by atoms with Crippen molar-refractivity contribution in [1.82, 2.24) is 15.1 Å². The summed E-state index contributed by atoms with van der Waals surface area (Å²) in [7, 11) is 1.52. The number of allylic oxidation sites excluding steroid dienone is 1. The molecule has 1 aromatic rings. The van der Waals surface area contributed by atoms with E-state index in [4.69, 9.17) is 14.2 Å². The van der Waals surface area contributed by atoms with Crippen molar-refractivity contribution in [1.29, 1.82) is 0 Å². The molecule has 4 fully saturated rings. The molecule has 0 unspecified atom stereocenters. The molecule has 1 spiro atoms. The third-order valence-corrected chi connectivity index (χ3v) is 11.2. The van der Waals surface area contributed by atoms with Crippen LogP contribution in [0.4, 0.5) is 0 Å². The number of aliphatic hydroxyl groups excluding tert-OH is 1. The Balaban J connectivity index is 1.45. The van der Waals surface area contributed by atoms with Gasteiger partial charge in [0.15, 0.2) is 0 Å². The minimum atomic E-state index is -1.14. The molecule has 3 amide bonds. The van der Waals surface area contributed by atoms with Gasteiger partial charge in [0.05, 0.1) is 30.6 Å². The van der Waals surface area contributed by atoms with Gasteiger partial charge in [0, 0.05) is 39.3 Å². The average Bonchev–Trinajstić information content (AvgIpc) is 3.79. The third-order valence-electron chi connectivity index (χ3n) is 11.2. The monoisotopic (exact) mass is 707 g/mol. The molecule has 2 N–H and O–H groups in total. The van der Waals surface area contributed by atoms with E-state index in [9.17, 15) is 24.3 Å². The topological polar surface area (TPSA) is 135 Å². The van der Waals surface area contributed by atoms with Crippen molar-refractivity contribution in [3.8, 4) is 0 Å². The molecule has 1 saturated carbocycles. The number of esters is 1. The number of aliphatic hydroxyl groups is 1. The molecule has 0 aromatic heterocycles. The van der Waals surface area contributed by atoms with Crippen LogP contribution in [0.1, 0.15) is 95.1 Å². The van der Waals surface area contributed by atoms with Crippen molar-refractivity contribution in [3.05, 3.63) is 61.2 Å². The standard InChI is InChI=1S/C40H57N3O8/c1-4-6-21-32(45)41-30(27-49-3)35(28-17-11-9-12-18-28)50-39(48)33-31-22-23-40(51-31)34(33)37(46)43(25-15-7-8-16-26-44)36(40)38(47)42(24-5-2)29-19-13-10-14-20-29/h4-5,9,11-12,17-18,29-31,33-36,44H,1-2,6-8,10,13-16,19-27H2,3H3,(H,41,45)/t30-,31-,33+,34+,35-,36-,40+/m0/s1. The predicted molar refractivity (Wildman–Crippen MR) is 192 cm³/mol. The summed E-state index contributed by atoms with van der Waals surface area (Å²) in [4.78, 5) is 60.4. The molecule has 0 radical (unpaired) electrons. The van der Waals surface area contributed by atoms with Gasteiger partial charge in [-0.2, -0.15) is 0 Å². The first-order valence-electron chi connectivity index (χ1n) is 19.0. The largest absolute Gasteiger partial charge is 0.455 e. The number of hydrogen-bond acceptors (Lipinski definition) is 8. The highest BCUT2D eigenvalue weighted by Crippen LogP contribution is 2.59. The minimum absolute atomic E-state index is 0.0617. The number of fused-ring (bicyclic) bond motifs is 1. The number of nitrogens with one attached hydrogen (secondary N) is 1. The highest BCUT2D eigenvalue weighted by molar-refractivity contribution is 5.98. The zero-order valence-corrected chi connectivity index (χ0v) is 30.2. The molecule has 1 aromatic carbocycles. The molecular formula is C40H57N3O8. The molecule has 280 valence electrons. The van der Waals surface area contributed by atoms with Crippen LogP contribution in [0, 0.1) is 11.8 Å². The Kier molecular flexibility index (Phi) is 13.9. The number of likely N-dealkylation sites (tertiary alicyclic amines) is 1. The molecule has 51 heavy (non-hydrogen) atoms. The zero-order valence-electron chi connectivity index (χ0n) is 30.2. The maximum absolute atomic E-state index is 14.8. The van der Waals surface area contributed by atoms with Gasteiger partial charge >= 0.3 is 5.97 Å². The SMILES string of the molecule is C=CCCC(=O)N[C@@H](COC)[C@@H](OC(=O)[C@@H]1[C@@H]2CC[C@]3(O2)[C@H](C(=O)N(CC=C)C2CCCCC2)N(CCCCCCO)C(=O)[C@@H]13)c1ccccc1. The minimum Gasteiger partial charge on any atom is -0.455 e. The van der Waals surface area contributed by atoms with Crippen LogP contribution >= 0.6 is 0 Å². The lowest BCUT2D eigenvalue weighted by Crippen LogP contribution is -2.58. The first-order chi connectivity index (χ1) is 24.8. The molecular weight excluding hydrogens is 650 g/mol. The van der Waals surface area contributed by atoms with Gasteiger partial charge in [0.2, 0.25) is 17.7 Å². The molecule has 11 heteroatoms. The van der Waals surface area contributed by atoms with Crippen LogP contribution in [0.15, 0.2) is 55.6 Å². The van der Waals surface area contributed by atoms with Crippen molar-refractivity contribution >= 4 is 23.7 Å². The van der Waals surface area contributed by atoms with Gasteiger partial charge in [-0.05, 0) is 50.5 Å². The number of carbonyl (C=O) groups is 4. The van der Waals surface area contributed by atoms with E-state index in [0.29, 0.717) is 50.8 Å². The molecule has 3 saturated heterocycles. The summed E-state index contributed by atoms with van der Waals surface area (Å²) in [6.45, 7) is 8.59. The van der Waals surface area contributed by atoms with E-state index in [1.165, 1.54) is 7.11 Å². The lowest BCUT2D eigenvalue weighted by atomic mass is 9.70. The van der Waals surface area contributed by atoms with Crippen molar-refractivity contribution < 1.29 is 38.5 Å². The Morgan fingerprint density at radius 2 is 1.82 bits per heavy atom. The first-order valence-corrected chi connectivity index (χ1v) is 19.0. The smallest absolute Gasteiger partial charge is 0.313 e. The van der Waals surface area contributed by atoms with Gasteiger partial charge in [-0.3, -0.25) is 19.2 Å². The Bertz CT molecular complexity index is 1370. The third kappa shape index (κ3) is 8.42. The van der Waals surface area contributed by atoms with E-state index in [2.05, 4.69) is 18.5 Å². The van der Waals surface area contributed by atoms with Crippen LogP contribution in [0.5, 0.6) is 0 Å². The first kappa shape index (κ1) is 38.7. The second kappa shape index (κ2) is 18.3. The van der Waals surface area contributed by atoms with Gasteiger partial charge in [0.1, 0.15) is 17.7 Å². The molecule has 1 aliphatic carbocycles. The summed E-state index contributed by atoms with van der Waals surface area (Å²) >= 11 is 0. The molecule has 2 bridgehead atoms. The second-order valence-electron chi connectivity index (χ2n) is 14.5. The van der Waals surface area contributed by atoms with Gasteiger partial charge in [0.25, 0.3) is 0 Å². The molecule has 4 aliphatic rings. The number of rotatable bonds is 20. The van der Waals surface area contributed by atoms with Gasteiger partial charge < -0.3 is 34.4 Å². The fraction of sp³-hybridized carbons (Fsp3) is 0.650. The summed E-state index contributed by atoms with van der Waals surface area (Å²) in [5.74, 6) is -2.96. The fourth-order valence-corrected chi connectivity index (χ4v) is 8.92. The summed E-state index contributed by atoms with van der Waals surface area (Å²) in [6.07, 6.45) is 11.7. The number of unbranched alkanes of at least 4 members (excludes halogenated alkanes) is 3. The van der Waals surface area contributed by atoms with Crippen LogP contribution < -0.4 is 5.32 Å². The Morgan fingerprint density at radius 3 is 2.51 bits per heavy atom. The summed E-state index contributed by atoms with van der Waals surface area (Å²) in [5, 5.41) is 12.3. The lowest BCUT2D eigenvalue weighted by molar-refractivity contribution is -0.163. The zero-order chi connectivity index (χ0) is 36.4. The second-order valence-corrected chi connectivity index (χ2v) is 14.5. The maximum atomic E-state index is 14.8. The predicted octanol–water partition coefficient (Wildman–Crippen LogP) is 4.64. The van der Waals surface area contributed by atoms with Crippen LogP contribution in [0.2, 0.25) is 0 Å². The van der Waals surface area contributed by atoms with Crippen LogP contribution in [-0.4, -0.2) is 102 Å². The normalized spacial score (nSPS) is 26.7. The van der Waals surface area contributed by atoms with Crippen molar-refractivity contribution in [2.75, 3.05) is 33.4 Å². The van der Waals surface area contributed by atoms with E-state index in [0.717, 1.165) is 44.9 Å².